The van der Waals surface area contributed by atoms with E-state index in [1.165, 1.54) is 22.3 Å². The second kappa shape index (κ2) is 8.38. The summed E-state index contributed by atoms with van der Waals surface area (Å²) >= 11 is 3.75. The predicted molar refractivity (Wildman–Crippen MR) is 150 cm³/mol. The molecule has 35 heavy (non-hydrogen) atoms. The summed E-state index contributed by atoms with van der Waals surface area (Å²) in [7, 11) is 0. The Morgan fingerprint density at radius 1 is 0.571 bits per heavy atom. The fourth-order valence-electron chi connectivity index (χ4n) is 5.24. The van der Waals surface area contributed by atoms with E-state index in [0.29, 0.717) is 0 Å². The molecule has 0 N–H and O–H groups in total. The number of benzene rings is 4. The number of fused-ring (bicyclic) bond motifs is 2. The standard InChI is InChI=1S/C33H33BrO/c1-31(2,3)22-11-15-24(16-12-22)33(25-17-13-23(14-18-25)32(4,5)6)27-9-7-8-10-29(27)35-30-20-19-26(34)21-28(30)33/h7-21H,1-6H3. The summed E-state index contributed by atoms with van der Waals surface area (Å²) in [6.45, 7) is 13.6. The lowest BCUT2D eigenvalue weighted by Gasteiger charge is -2.42. The molecule has 0 atom stereocenters. The highest BCUT2D eigenvalue weighted by molar-refractivity contribution is 9.10. The van der Waals surface area contributed by atoms with Crippen molar-refractivity contribution in [1.29, 1.82) is 0 Å². The molecule has 0 aliphatic carbocycles. The van der Waals surface area contributed by atoms with Crippen LogP contribution in [0, 0.1) is 0 Å². The largest absolute Gasteiger partial charge is 0.457 e. The Labute approximate surface area is 218 Å². The van der Waals surface area contributed by atoms with Gasteiger partial charge in [0.15, 0.2) is 0 Å². The fraction of sp³-hybridized carbons (Fsp3) is 0.273. The van der Waals surface area contributed by atoms with Crippen molar-refractivity contribution in [3.63, 3.8) is 0 Å². The van der Waals surface area contributed by atoms with E-state index >= 15 is 0 Å². The SMILES string of the molecule is CC(C)(C)c1ccc(C2(c3ccc(C(C)(C)C)cc3)c3ccccc3Oc3ccc(Br)cc32)cc1. The summed E-state index contributed by atoms with van der Waals surface area (Å²) < 4.78 is 7.51. The normalized spacial score (nSPS) is 14.6. The summed E-state index contributed by atoms with van der Waals surface area (Å²) in [4.78, 5) is 0. The maximum atomic E-state index is 6.47. The van der Waals surface area contributed by atoms with Crippen molar-refractivity contribution >= 4 is 15.9 Å². The first-order chi connectivity index (χ1) is 16.5. The van der Waals surface area contributed by atoms with Gasteiger partial charge in [-0.25, -0.2) is 0 Å². The number of ether oxygens (including phenoxy) is 1. The zero-order chi connectivity index (χ0) is 25.0. The van der Waals surface area contributed by atoms with E-state index in [9.17, 15) is 0 Å². The van der Waals surface area contributed by atoms with Crippen LogP contribution in [0.15, 0.2) is 95.5 Å². The third-order valence-corrected chi connectivity index (χ3v) is 7.72. The fourth-order valence-corrected chi connectivity index (χ4v) is 5.60. The summed E-state index contributed by atoms with van der Waals surface area (Å²) in [6, 6.07) is 33.2. The quantitative estimate of drug-likeness (QED) is 0.223. The van der Waals surface area contributed by atoms with Crippen molar-refractivity contribution in [2.24, 2.45) is 0 Å². The summed E-state index contributed by atoms with van der Waals surface area (Å²) in [6.07, 6.45) is 0. The first-order valence-electron chi connectivity index (χ1n) is 12.3. The van der Waals surface area contributed by atoms with Crippen LogP contribution in [-0.4, -0.2) is 0 Å². The Balaban J connectivity index is 1.87. The van der Waals surface area contributed by atoms with Crippen LogP contribution in [0.25, 0.3) is 0 Å². The van der Waals surface area contributed by atoms with E-state index in [4.69, 9.17) is 4.74 Å². The third kappa shape index (κ3) is 4.02. The molecule has 4 aromatic rings. The number of rotatable bonds is 2. The highest BCUT2D eigenvalue weighted by Gasteiger charge is 2.45. The lowest BCUT2D eigenvalue weighted by atomic mass is 9.63. The van der Waals surface area contributed by atoms with Gasteiger partial charge >= 0.3 is 0 Å². The number of halogens is 1. The van der Waals surface area contributed by atoms with Crippen LogP contribution in [0.5, 0.6) is 11.5 Å². The molecule has 1 heterocycles. The van der Waals surface area contributed by atoms with Gasteiger partial charge in [-0.2, -0.15) is 0 Å². The van der Waals surface area contributed by atoms with E-state index < -0.39 is 5.41 Å². The number of hydrogen-bond donors (Lipinski definition) is 0. The van der Waals surface area contributed by atoms with Crippen LogP contribution in [0.2, 0.25) is 0 Å². The summed E-state index contributed by atoms with van der Waals surface area (Å²) in [5.74, 6) is 1.80. The van der Waals surface area contributed by atoms with Crippen molar-refractivity contribution in [2.45, 2.75) is 57.8 Å². The monoisotopic (exact) mass is 524 g/mol. The molecule has 1 nitrogen and oxygen atoms in total. The number of para-hydroxylation sites is 1. The molecular weight excluding hydrogens is 492 g/mol. The molecule has 0 unspecified atom stereocenters. The molecule has 2 heteroatoms. The van der Waals surface area contributed by atoms with Gasteiger partial charge < -0.3 is 4.74 Å². The van der Waals surface area contributed by atoms with Crippen LogP contribution >= 0.6 is 15.9 Å². The van der Waals surface area contributed by atoms with Gasteiger partial charge in [0.25, 0.3) is 0 Å². The van der Waals surface area contributed by atoms with E-state index in [0.717, 1.165) is 27.1 Å². The molecule has 0 radical (unpaired) electrons. The summed E-state index contributed by atoms with van der Waals surface area (Å²) in [5, 5.41) is 0. The maximum absolute atomic E-state index is 6.47. The molecule has 0 aromatic heterocycles. The Hall–Kier alpha value is -2.84. The Morgan fingerprint density at radius 3 is 1.57 bits per heavy atom. The average molecular weight is 526 g/mol. The minimum Gasteiger partial charge on any atom is -0.457 e. The van der Waals surface area contributed by atoms with Crippen molar-refractivity contribution in [2.75, 3.05) is 0 Å². The van der Waals surface area contributed by atoms with Crippen LogP contribution in [-0.2, 0) is 16.2 Å². The van der Waals surface area contributed by atoms with E-state index in [1.807, 2.05) is 0 Å². The summed E-state index contributed by atoms with van der Waals surface area (Å²) in [5.41, 5.74) is 7.14. The molecule has 0 bridgehead atoms. The predicted octanol–water partition coefficient (Wildman–Crippen LogP) is 9.53. The molecule has 0 spiro atoms. The molecule has 1 aliphatic heterocycles. The lowest BCUT2D eigenvalue weighted by Crippen LogP contribution is -2.34. The van der Waals surface area contributed by atoms with Gasteiger partial charge in [0.1, 0.15) is 11.5 Å². The Kier molecular flexibility index (Phi) is 5.72. The third-order valence-electron chi connectivity index (χ3n) is 7.22. The number of hydrogen-bond acceptors (Lipinski definition) is 1. The molecular formula is C33H33BrO. The molecule has 0 saturated heterocycles. The Morgan fingerprint density at radius 2 is 1.06 bits per heavy atom. The first kappa shape index (κ1) is 23.9. The Bertz CT molecular complexity index is 1310. The highest BCUT2D eigenvalue weighted by Crippen LogP contribution is 2.55. The first-order valence-corrected chi connectivity index (χ1v) is 13.1. The van der Waals surface area contributed by atoms with Crippen LogP contribution < -0.4 is 4.74 Å². The average Bonchev–Trinajstić information content (AvgIpc) is 2.82. The van der Waals surface area contributed by atoms with Crippen molar-refractivity contribution < 1.29 is 4.74 Å². The van der Waals surface area contributed by atoms with Crippen molar-refractivity contribution in [1.82, 2.24) is 0 Å². The van der Waals surface area contributed by atoms with Crippen LogP contribution in [0.1, 0.15) is 74.9 Å². The van der Waals surface area contributed by atoms with Crippen molar-refractivity contribution in [3.05, 3.63) is 129 Å². The minimum absolute atomic E-state index is 0.0918. The lowest BCUT2D eigenvalue weighted by molar-refractivity contribution is 0.434. The second-order valence-electron chi connectivity index (χ2n) is 11.6. The molecule has 0 saturated carbocycles. The molecule has 0 fully saturated rings. The van der Waals surface area contributed by atoms with Crippen LogP contribution in [0.4, 0.5) is 0 Å². The van der Waals surface area contributed by atoms with Gasteiger partial charge in [-0.1, -0.05) is 124 Å². The zero-order valence-electron chi connectivity index (χ0n) is 21.4. The van der Waals surface area contributed by atoms with E-state index in [2.05, 4.69) is 148 Å². The van der Waals surface area contributed by atoms with Gasteiger partial charge in [-0.05, 0) is 57.3 Å². The smallest absolute Gasteiger partial charge is 0.132 e. The van der Waals surface area contributed by atoms with E-state index in [-0.39, 0.29) is 10.8 Å². The molecule has 5 rings (SSSR count). The van der Waals surface area contributed by atoms with Gasteiger partial charge in [0, 0.05) is 15.6 Å². The van der Waals surface area contributed by atoms with Gasteiger partial charge in [0.05, 0.1) is 5.41 Å². The molecule has 4 aromatic carbocycles. The van der Waals surface area contributed by atoms with Gasteiger partial charge in [0.2, 0.25) is 0 Å². The topological polar surface area (TPSA) is 9.23 Å². The molecule has 178 valence electrons. The zero-order valence-corrected chi connectivity index (χ0v) is 23.0. The second-order valence-corrected chi connectivity index (χ2v) is 12.6. The highest BCUT2D eigenvalue weighted by atomic mass is 79.9. The maximum Gasteiger partial charge on any atom is 0.132 e. The molecule has 0 amide bonds. The molecule has 1 aliphatic rings. The van der Waals surface area contributed by atoms with E-state index in [1.54, 1.807) is 0 Å². The minimum atomic E-state index is -0.499. The van der Waals surface area contributed by atoms with Gasteiger partial charge in [-0.3, -0.25) is 0 Å². The van der Waals surface area contributed by atoms with Crippen molar-refractivity contribution in [3.8, 4) is 11.5 Å². The van der Waals surface area contributed by atoms with Gasteiger partial charge in [-0.15, -0.1) is 0 Å². The van der Waals surface area contributed by atoms with Crippen LogP contribution in [0.3, 0.4) is 0 Å².